The van der Waals surface area contributed by atoms with Crippen molar-refractivity contribution in [3.05, 3.63) is 0 Å². The van der Waals surface area contributed by atoms with Crippen LogP contribution in [-0.4, -0.2) is 24.4 Å². The molecule has 0 aromatic carbocycles. The third-order valence-electron chi connectivity index (χ3n) is 0. The van der Waals surface area contributed by atoms with Gasteiger partial charge in [0.15, 0.2) is 0 Å². The van der Waals surface area contributed by atoms with Crippen molar-refractivity contribution in [2.75, 3.05) is 0 Å². The molecule has 6 heavy (non-hydrogen) atoms. The molecule has 0 radical (unpaired) electrons. The molecule has 0 aliphatic carbocycles. The van der Waals surface area contributed by atoms with Gasteiger partial charge < -0.3 is 0 Å². The summed E-state index contributed by atoms with van der Waals surface area (Å²) in [5.41, 5.74) is 0. The Bertz CT molecular complexity index is 7.51. The third kappa shape index (κ3) is 39.1. The number of hydrogen-bond donors (Lipinski definition) is 0. The van der Waals surface area contributed by atoms with E-state index in [1.807, 2.05) is 0 Å². The van der Waals surface area contributed by atoms with Gasteiger partial charge in [0.2, 0.25) is 0 Å². The Hall–Kier alpha value is 1.91. The van der Waals surface area contributed by atoms with Gasteiger partial charge in [0.1, 0.15) is 0 Å². The van der Waals surface area contributed by atoms with Gasteiger partial charge in [-0.3, -0.25) is 4.70 Å². The molecule has 6 heteroatoms. The van der Waals surface area contributed by atoms with Gasteiger partial charge in [0.25, 0.3) is 0 Å². The molecule has 0 atom stereocenters. The van der Waals surface area contributed by atoms with Gasteiger partial charge in [-0.2, -0.15) is 0 Å². The topological polar surface area (TPSA) is 0 Å². The van der Waals surface area contributed by atoms with E-state index >= 15 is 0 Å². The molecule has 0 nitrogen and oxygen atoms in total. The van der Waals surface area contributed by atoms with Gasteiger partial charge >= 0.3 is 24.4 Å². The zero-order chi connectivity index (χ0) is 0. The summed E-state index contributed by atoms with van der Waals surface area (Å²) in [6.45, 7) is 0. The maximum absolute atomic E-state index is 0. The first-order chi connectivity index (χ1) is 0. The summed E-state index contributed by atoms with van der Waals surface area (Å²) in [6.07, 6.45) is 0. The fourth-order valence-corrected chi connectivity index (χ4v) is 0. The molecule has 0 N–H and O–H groups in total. The summed E-state index contributed by atoms with van der Waals surface area (Å²) in [6, 6.07) is 0. The van der Waals surface area contributed by atoms with Crippen molar-refractivity contribution in [3.8, 4) is 0 Å². The molecular formula is H8Cl4FSb. The van der Waals surface area contributed by atoms with Gasteiger partial charge in [-0.1, -0.05) is 0 Å². The molecule has 0 bridgehead atoms. The summed E-state index contributed by atoms with van der Waals surface area (Å²) in [5, 5.41) is 0. The van der Waals surface area contributed by atoms with E-state index in [0.717, 1.165) is 0 Å². The molecule has 0 unspecified atom stereocenters. The standard InChI is InChI=1S/4ClH.FH.Sb.3H/h5*1H;;;;. The van der Waals surface area contributed by atoms with Crippen LogP contribution in [-0.2, 0) is 0 Å². The monoisotopic (exact) mass is 288 g/mol. The molecule has 0 aliphatic heterocycles. The summed E-state index contributed by atoms with van der Waals surface area (Å²) in [4.78, 5) is 0. The maximum atomic E-state index is 0. The average molecular weight is 291 g/mol. The predicted octanol–water partition coefficient (Wildman–Crippen LogP) is 0.656. The third-order valence-corrected chi connectivity index (χ3v) is 0. The van der Waals surface area contributed by atoms with E-state index in [9.17, 15) is 0 Å². The Kier molecular flexibility index (Phi) is 1140. The molecule has 0 rings (SSSR count). The van der Waals surface area contributed by atoms with E-state index in [0.29, 0.717) is 0 Å². The van der Waals surface area contributed by atoms with Crippen LogP contribution in [0.2, 0.25) is 0 Å². The predicted molar refractivity (Wildman–Crippen MR) is 41.4 cm³/mol. The summed E-state index contributed by atoms with van der Waals surface area (Å²) in [5.74, 6) is 0. The summed E-state index contributed by atoms with van der Waals surface area (Å²) in [7, 11) is 0. The quantitative estimate of drug-likeness (QED) is 0.575. The molecule has 0 amide bonds. The Morgan fingerprint density at radius 2 is 0.500 bits per heavy atom. The van der Waals surface area contributed by atoms with Crippen LogP contribution in [0.3, 0.4) is 0 Å². The number of rotatable bonds is 0. The van der Waals surface area contributed by atoms with E-state index in [-0.39, 0.29) is 78.8 Å². The second-order valence-corrected chi connectivity index (χ2v) is 0. The first kappa shape index (κ1) is 104. The van der Waals surface area contributed by atoms with Gasteiger partial charge in [0, 0.05) is 0 Å². The summed E-state index contributed by atoms with van der Waals surface area (Å²) >= 11 is 0. The Labute approximate surface area is 78.3 Å². The van der Waals surface area contributed by atoms with Crippen LogP contribution in [0.5, 0.6) is 0 Å². The Morgan fingerprint density at radius 1 is 0.500 bits per heavy atom. The second-order valence-electron chi connectivity index (χ2n) is 0. The Balaban J connectivity index is 0. The van der Waals surface area contributed by atoms with Crippen molar-refractivity contribution in [1.29, 1.82) is 0 Å². The van der Waals surface area contributed by atoms with Crippen LogP contribution in [0.1, 0.15) is 0 Å². The van der Waals surface area contributed by atoms with Crippen molar-refractivity contribution in [3.63, 3.8) is 0 Å². The zero-order valence-electron chi connectivity index (χ0n) is 2.75. The van der Waals surface area contributed by atoms with E-state index in [4.69, 9.17) is 0 Å². The summed E-state index contributed by atoms with van der Waals surface area (Å²) < 4.78 is 0. The SMILES string of the molecule is Cl.Cl.Cl.Cl.F.[SbH3]. The zero-order valence-corrected chi connectivity index (χ0v) is 10.1. The average Bonchev–Trinajstić information content (AvgIpc) is 0. The molecule has 0 aliphatic rings. The first-order valence-electron chi connectivity index (χ1n) is 0. The minimum absolute atomic E-state index is 0. The van der Waals surface area contributed by atoms with Crippen LogP contribution in [0, 0.1) is 0 Å². The van der Waals surface area contributed by atoms with Crippen molar-refractivity contribution in [2.24, 2.45) is 0 Å². The molecule has 0 spiro atoms. The second kappa shape index (κ2) is 66.2. The fraction of sp³-hybridized carbons (Fsp3) is 0. The molecule has 0 saturated carbocycles. The fourth-order valence-electron chi connectivity index (χ4n) is 0. The molecule has 0 aromatic heterocycles. The van der Waals surface area contributed by atoms with Crippen LogP contribution >= 0.6 is 49.6 Å². The van der Waals surface area contributed by atoms with Crippen LogP contribution in [0.25, 0.3) is 0 Å². The van der Waals surface area contributed by atoms with E-state index < -0.39 is 0 Å². The number of hydrogen-bond acceptors (Lipinski definition) is 0. The molecule has 48 valence electrons. The van der Waals surface area contributed by atoms with Gasteiger partial charge in [-0.05, 0) is 0 Å². The molecule has 0 aromatic rings. The van der Waals surface area contributed by atoms with Crippen molar-refractivity contribution >= 4 is 74.1 Å². The Morgan fingerprint density at radius 3 is 0.500 bits per heavy atom. The molecular weight excluding hydrogens is 283 g/mol. The van der Waals surface area contributed by atoms with Gasteiger partial charge in [0.05, 0.1) is 0 Å². The normalized spacial score (nSPS) is 0. The minimum atomic E-state index is 0. The number of halogens is 5. The van der Waals surface area contributed by atoms with Crippen LogP contribution in [0.15, 0.2) is 0 Å². The van der Waals surface area contributed by atoms with Gasteiger partial charge in [-0.15, -0.1) is 49.6 Å². The van der Waals surface area contributed by atoms with E-state index in [1.54, 1.807) is 0 Å². The van der Waals surface area contributed by atoms with Crippen molar-refractivity contribution in [1.82, 2.24) is 0 Å². The van der Waals surface area contributed by atoms with Gasteiger partial charge in [-0.25, -0.2) is 0 Å². The van der Waals surface area contributed by atoms with Crippen LogP contribution in [0.4, 0.5) is 4.70 Å². The molecule has 0 heterocycles. The van der Waals surface area contributed by atoms with Crippen molar-refractivity contribution < 1.29 is 4.70 Å². The first-order valence-corrected chi connectivity index (χ1v) is 0. The molecule has 0 saturated heterocycles. The van der Waals surface area contributed by atoms with E-state index in [1.165, 1.54) is 0 Å². The van der Waals surface area contributed by atoms with E-state index in [2.05, 4.69) is 0 Å². The van der Waals surface area contributed by atoms with Crippen LogP contribution < -0.4 is 0 Å². The molecule has 0 fully saturated rings. The van der Waals surface area contributed by atoms with Crippen molar-refractivity contribution in [2.45, 2.75) is 0 Å².